The summed E-state index contributed by atoms with van der Waals surface area (Å²) in [5.41, 5.74) is 0. The van der Waals surface area contributed by atoms with E-state index in [2.05, 4.69) is 4.74 Å². The van der Waals surface area contributed by atoms with Gasteiger partial charge < -0.3 is 18.8 Å². The third-order valence-corrected chi connectivity index (χ3v) is 5.16. The highest BCUT2D eigenvalue weighted by atomic mass is 32.2. The van der Waals surface area contributed by atoms with Crippen molar-refractivity contribution in [3.63, 3.8) is 0 Å². The smallest absolute Gasteiger partial charge is 0.406 e. The Morgan fingerprint density at radius 2 is 2.00 bits per heavy atom. The van der Waals surface area contributed by atoms with E-state index in [0.29, 0.717) is 0 Å². The van der Waals surface area contributed by atoms with Gasteiger partial charge in [0.15, 0.2) is 0 Å². The van der Waals surface area contributed by atoms with Crippen molar-refractivity contribution in [3.8, 4) is 0 Å². The van der Waals surface area contributed by atoms with Crippen LogP contribution in [0.25, 0.3) is 0 Å². The van der Waals surface area contributed by atoms with Crippen LogP contribution < -0.4 is 0 Å². The summed E-state index contributed by atoms with van der Waals surface area (Å²) in [4.78, 5) is 23.5. The summed E-state index contributed by atoms with van der Waals surface area (Å²) in [5, 5.41) is -5.16. The summed E-state index contributed by atoms with van der Waals surface area (Å²) in [7, 11) is 0. The molecule has 3 aliphatic heterocycles. The molecule has 0 aromatic heterocycles. The molecule has 0 radical (unpaired) electrons. The highest BCUT2D eigenvalue weighted by Crippen LogP contribution is 2.49. The molecule has 6 unspecified atom stereocenters. The number of rotatable bonds is 6. The SMILES string of the molecule is O=C1OC2C3OC(CC13)C2C(=O)OCCC(F)(F)C(F)(F)S(=O)O. The van der Waals surface area contributed by atoms with E-state index < -0.39 is 77.4 Å². The minimum absolute atomic E-state index is 0.248. The molecule has 3 heterocycles. The highest BCUT2D eigenvalue weighted by molar-refractivity contribution is 7.80. The van der Waals surface area contributed by atoms with Crippen molar-refractivity contribution in [2.75, 3.05) is 6.61 Å². The highest BCUT2D eigenvalue weighted by Gasteiger charge is 2.66. The molecule has 1 N–H and O–H groups in total. The Kier molecular flexibility index (Phi) is 4.12. The molecule has 0 aliphatic carbocycles. The van der Waals surface area contributed by atoms with Gasteiger partial charge in [0.05, 0.1) is 25.0 Å². The summed E-state index contributed by atoms with van der Waals surface area (Å²) in [6.45, 7) is -1.09. The number of hydrogen-bond acceptors (Lipinski definition) is 6. The standard InChI is InChI=1S/C12H12F4O7S/c13-11(14,12(15,16)24(19)20)1-2-21-10(18)6-5-3-4-7(22-5)8(6)23-9(4)17/h4-8H,1-3H2,(H,19,20). The quantitative estimate of drug-likeness (QED) is 0.414. The number of ether oxygens (including phenoxy) is 3. The van der Waals surface area contributed by atoms with Crippen LogP contribution in [0.3, 0.4) is 0 Å². The summed E-state index contributed by atoms with van der Waals surface area (Å²) in [5.74, 6) is -7.77. The first-order chi connectivity index (χ1) is 11.1. The van der Waals surface area contributed by atoms with Crippen molar-refractivity contribution in [2.24, 2.45) is 11.8 Å². The van der Waals surface area contributed by atoms with Crippen molar-refractivity contribution in [3.05, 3.63) is 0 Å². The number of hydrogen-bond donors (Lipinski definition) is 1. The molecule has 2 bridgehead atoms. The van der Waals surface area contributed by atoms with E-state index in [4.69, 9.17) is 14.0 Å². The number of halogens is 4. The maximum atomic E-state index is 13.2. The third-order valence-electron chi connectivity index (χ3n) is 4.43. The molecule has 136 valence electrons. The number of alkyl halides is 4. The molecular formula is C12H12F4O7S. The summed E-state index contributed by atoms with van der Waals surface area (Å²) >= 11 is -4.07. The Balaban J connectivity index is 1.56. The van der Waals surface area contributed by atoms with Crippen molar-refractivity contribution >= 4 is 23.0 Å². The maximum Gasteiger partial charge on any atom is 0.406 e. The molecule has 3 fully saturated rings. The molecule has 0 saturated carbocycles. The van der Waals surface area contributed by atoms with E-state index in [1.807, 2.05) is 0 Å². The van der Waals surface area contributed by atoms with Gasteiger partial charge >= 0.3 is 23.1 Å². The van der Waals surface area contributed by atoms with Crippen molar-refractivity contribution in [1.29, 1.82) is 0 Å². The van der Waals surface area contributed by atoms with Gasteiger partial charge in [-0.2, -0.15) is 17.6 Å². The molecule has 0 aromatic rings. The van der Waals surface area contributed by atoms with E-state index in [-0.39, 0.29) is 6.42 Å². The molecule has 24 heavy (non-hydrogen) atoms. The molecule has 0 amide bonds. The van der Waals surface area contributed by atoms with Crippen LogP contribution in [-0.4, -0.2) is 56.8 Å². The summed E-state index contributed by atoms with van der Waals surface area (Å²) < 4.78 is 85.8. The van der Waals surface area contributed by atoms with Crippen molar-refractivity contribution in [2.45, 2.75) is 42.3 Å². The first-order valence-corrected chi connectivity index (χ1v) is 8.06. The largest absolute Gasteiger partial charge is 0.465 e. The second kappa shape index (κ2) is 5.63. The van der Waals surface area contributed by atoms with Gasteiger partial charge in [0.2, 0.25) is 11.1 Å². The molecule has 7 nitrogen and oxygen atoms in total. The lowest BCUT2D eigenvalue weighted by Crippen LogP contribution is -2.45. The lowest BCUT2D eigenvalue weighted by Gasteiger charge is -2.24. The topological polar surface area (TPSA) is 99.1 Å². The molecule has 0 spiro atoms. The molecule has 3 rings (SSSR count). The summed E-state index contributed by atoms with van der Waals surface area (Å²) in [6.07, 6.45) is -3.47. The van der Waals surface area contributed by atoms with Crippen LogP contribution >= 0.6 is 0 Å². The Hall–Kier alpha value is -1.27. The number of fused-ring (bicyclic) bond motifs is 1. The molecule has 3 aliphatic rings. The van der Waals surface area contributed by atoms with E-state index in [1.165, 1.54) is 0 Å². The molecular weight excluding hydrogens is 364 g/mol. The van der Waals surface area contributed by atoms with Crippen LogP contribution in [0.4, 0.5) is 17.6 Å². The molecule has 6 atom stereocenters. The fourth-order valence-corrected chi connectivity index (χ4v) is 3.58. The average Bonchev–Trinajstić information content (AvgIpc) is 3.08. The van der Waals surface area contributed by atoms with Crippen LogP contribution in [0.5, 0.6) is 0 Å². The van der Waals surface area contributed by atoms with Gasteiger partial charge in [0.25, 0.3) is 0 Å². The van der Waals surface area contributed by atoms with Gasteiger partial charge in [0, 0.05) is 0 Å². The van der Waals surface area contributed by atoms with Gasteiger partial charge in [-0.15, -0.1) is 0 Å². The summed E-state index contributed by atoms with van der Waals surface area (Å²) in [6, 6.07) is 0. The van der Waals surface area contributed by atoms with Crippen LogP contribution in [-0.2, 0) is 34.9 Å². The fraction of sp³-hybridized carbons (Fsp3) is 0.833. The zero-order valence-electron chi connectivity index (χ0n) is 11.8. The maximum absolute atomic E-state index is 13.2. The molecule has 3 saturated heterocycles. The van der Waals surface area contributed by atoms with Crippen molar-refractivity contribution < 1.29 is 50.1 Å². The number of carbonyl (C=O) groups is 2. The Labute approximate surface area is 134 Å². The zero-order chi connectivity index (χ0) is 17.9. The lowest BCUT2D eigenvalue weighted by molar-refractivity contribution is -0.175. The second-order valence-corrected chi connectivity index (χ2v) is 6.81. The molecule has 12 heteroatoms. The van der Waals surface area contributed by atoms with Gasteiger partial charge in [-0.05, 0) is 6.42 Å². The van der Waals surface area contributed by atoms with Crippen LogP contribution in [0.15, 0.2) is 0 Å². The number of esters is 2. The second-order valence-electron chi connectivity index (χ2n) is 5.80. The van der Waals surface area contributed by atoms with E-state index in [1.54, 1.807) is 0 Å². The first kappa shape index (κ1) is 17.5. The third kappa shape index (κ3) is 2.51. The Bertz CT molecular complexity index is 598. The predicted molar refractivity (Wildman–Crippen MR) is 66.4 cm³/mol. The van der Waals surface area contributed by atoms with Gasteiger partial charge in [-0.25, -0.2) is 4.21 Å². The van der Waals surface area contributed by atoms with Crippen LogP contribution in [0.1, 0.15) is 12.8 Å². The van der Waals surface area contributed by atoms with Crippen LogP contribution in [0, 0.1) is 11.8 Å². The van der Waals surface area contributed by atoms with Crippen LogP contribution in [0.2, 0.25) is 0 Å². The first-order valence-electron chi connectivity index (χ1n) is 6.95. The minimum atomic E-state index is -5.16. The van der Waals surface area contributed by atoms with E-state index in [9.17, 15) is 31.4 Å². The average molecular weight is 376 g/mol. The lowest BCUT2D eigenvalue weighted by atomic mass is 9.82. The van der Waals surface area contributed by atoms with Crippen molar-refractivity contribution in [1.82, 2.24) is 0 Å². The van der Waals surface area contributed by atoms with Gasteiger partial charge in [-0.3, -0.25) is 9.59 Å². The zero-order valence-corrected chi connectivity index (χ0v) is 12.6. The normalized spacial score (nSPS) is 35.9. The van der Waals surface area contributed by atoms with Gasteiger partial charge in [-0.1, -0.05) is 0 Å². The number of carbonyl (C=O) groups excluding carboxylic acids is 2. The fourth-order valence-electron chi connectivity index (χ4n) is 3.22. The van der Waals surface area contributed by atoms with E-state index in [0.717, 1.165) is 0 Å². The Morgan fingerprint density at radius 1 is 1.33 bits per heavy atom. The predicted octanol–water partition coefficient (Wildman–Crippen LogP) is 0.698. The monoisotopic (exact) mass is 376 g/mol. The van der Waals surface area contributed by atoms with E-state index >= 15 is 0 Å². The molecule has 0 aromatic carbocycles. The minimum Gasteiger partial charge on any atom is -0.465 e. The Morgan fingerprint density at radius 3 is 2.62 bits per heavy atom. The van der Waals surface area contributed by atoms with Gasteiger partial charge in [0.1, 0.15) is 18.1 Å².